The molecule has 1 aliphatic rings. The van der Waals surface area contributed by atoms with Crippen molar-refractivity contribution in [1.29, 1.82) is 0 Å². The third-order valence-corrected chi connectivity index (χ3v) is 5.83. The standard InChI is InChI=1S/C12H12O2S2/c13-15(11-7-3-1-4-8-11)16(14)12-9-5-2-6-10-12/h1,3-5,7-10H,2,6H2. The van der Waals surface area contributed by atoms with Gasteiger partial charge in [0.05, 0.1) is 4.90 Å². The Morgan fingerprint density at radius 3 is 2.31 bits per heavy atom. The number of allylic oxidation sites excluding steroid dienone is 3. The van der Waals surface area contributed by atoms with Gasteiger partial charge in [0.15, 0.2) is 0 Å². The summed E-state index contributed by atoms with van der Waals surface area (Å²) < 4.78 is 24.0. The van der Waals surface area contributed by atoms with Crippen LogP contribution in [0.15, 0.2) is 58.4 Å². The third kappa shape index (κ3) is 2.57. The lowest BCUT2D eigenvalue weighted by molar-refractivity contribution is 0.679. The Kier molecular flexibility index (Phi) is 3.85. The molecule has 0 saturated carbocycles. The first kappa shape index (κ1) is 11.5. The van der Waals surface area contributed by atoms with Crippen molar-refractivity contribution >= 4 is 19.7 Å². The number of benzene rings is 1. The summed E-state index contributed by atoms with van der Waals surface area (Å²) in [6.45, 7) is 0. The maximum atomic E-state index is 12.0. The molecule has 0 N–H and O–H groups in total. The minimum Gasteiger partial charge on any atom is -0.240 e. The van der Waals surface area contributed by atoms with Crippen molar-refractivity contribution in [2.45, 2.75) is 17.7 Å². The molecular formula is C12H12O2S2. The molecule has 2 unspecified atom stereocenters. The first-order valence-electron chi connectivity index (χ1n) is 5.05. The van der Waals surface area contributed by atoms with Crippen LogP contribution in [0.5, 0.6) is 0 Å². The molecule has 0 bridgehead atoms. The molecule has 1 aliphatic carbocycles. The summed E-state index contributed by atoms with van der Waals surface area (Å²) in [6.07, 6.45) is 7.52. The molecule has 0 aliphatic heterocycles. The summed E-state index contributed by atoms with van der Waals surface area (Å²) in [5, 5.41) is 0. The molecule has 2 nitrogen and oxygen atoms in total. The van der Waals surface area contributed by atoms with Gasteiger partial charge in [-0.15, -0.1) is 0 Å². The molecule has 1 aromatic rings. The van der Waals surface area contributed by atoms with Gasteiger partial charge in [0.1, 0.15) is 19.7 Å². The van der Waals surface area contributed by atoms with Gasteiger partial charge >= 0.3 is 0 Å². The molecule has 4 heteroatoms. The Balaban J connectivity index is 2.20. The second-order valence-electron chi connectivity index (χ2n) is 3.37. The van der Waals surface area contributed by atoms with E-state index in [9.17, 15) is 8.42 Å². The number of rotatable bonds is 3. The first-order chi connectivity index (χ1) is 7.79. The fourth-order valence-corrected chi connectivity index (χ4v) is 4.36. The number of hydrogen-bond donors (Lipinski definition) is 0. The van der Waals surface area contributed by atoms with Crippen LogP contribution in [0, 0.1) is 0 Å². The lowest BCUT2D eigenvalue weighted by atomic mass is 10.2. The zero-order valence-corrected chi connectivity index (χ0v) is 10.3. The van der Waals surface area contributed by atoms with Gasteiger partial charge in [-0.1, -0.05) is 30.4 Å². The van der Waals surface area contributed by atoms with Crippen LogP contribution in [0.25, 0.3) is 0 Å². The van der Waals surface area contributed by atoms with Crippen molar-refractivity contribution in [3.63, 3.8) is 0 Å². The number of hydrogen-bond acceptors (Lipinski definition) is 2. The van der Waals surface area contributed by atoms with E-state index >= 15 is 0 Å². The Bertz CT molecular complexity index is 475. The minimum atomic E-state index is -1.47. The molecule has 16 heavy (non-hydrogen) atoms. The van der Waals surface area contributed by atoms with Crippen molar-refractivity contribution in [3.05, 3.63) is 53.5 Å². The van der Waals surface area contributed by atoms with Crippen molar-refractivity contribution < 1.29 is 8.42 Å². The smallest absolute Gasteiger partial charge is 0.148 e. The molecule has 0 saturated heterocycles. The van der Waals surface area contributed by atoms with Gasteiger partial charge in [0.2, 0.25) is 0 Å². The predicted molar refractivity (Wildman–Crippen MR) is 67.4 cm³/mol. The molecule has 0 radical (unpaired) electrons. The molecule has 0 heterocycles. The average Bonchev–Trinajstić information content (AvgIpc) is 2.39. The molecule has 0 aromatic heterocycles. The summed E-state index contributed by atoms with van der Waals surface area (Å²) in [4.78, 5) is 1.29. The quantitative estimate of drug-likeness (QED) is 0.775. The zero-order valence-electron chi connectivity index (χ0n) is 8.67. The highest BCUT2D eigenvalue weighted by atomic mass is 33.1. The van der Waals surface area contributed by atoms with Crippen molar-refractivity contribution in [2.24, 2.45) is 0 Å². The van der Waals surface area contributed by atoms with Gasteiger partial charge in [-0.3, -0.25) is 0 Å². The van der Waals surface area contributed by atoms with Crippen LogP contribution in [-0.4, -0.2) is 8.42 Å². The van der Waals surface area contributed by atoms with Crippen LogP contribution < -0.4 is 0 Å². The Hall–Kier alpha value is -1.00. The topological polar surface area (TPSA) is 34.1 Å². The van der Waals surface area contributed by atoms with E-state index in [0.717, 1.165) is 12.8 Å². The van der Waals surface area contributed by atoms with E-state index in [2.05, 4.69) is 0 Å². The molecule has 2 rings (SSSR count). The lowest BCUT2D eigenvalue weighted by Gasteiger charge is -2.06. The van der Waals surface area contributed by atoms with Crippen LogP contribution in [0.1, 0.15) is 12.8 Å². The van der Waals surface area contributed by atoms with Gasteiger partial charge in [-0.05, 0) is 31.1 Å². The summed E-state index contributed by atoms with van der Waals surface area (Å²) in [7, 11) is -2.93. The molecule has 0 fully saturated rings. The Morgan fingerprint density at radius 1 is 0.938 bits per heavy atom. The Labute approximate surface area is 99.4 Å². The molecule has 84 valence electrons. The predicted octanol–water partition coefficient (Wildman–Crippen LogP) is 2.69. The van der Waals surface area contributed by atoms with E-state index in [0.29, 0.717) is 9.80 Å². The van der Waals surface area contributed by atoms with E-state index in [1.165, 1.54) is 0 Å². The monoisotopic (exact) mass is 252 g/mol. The third-order valence-electron chi connectivity index (χ3n) is 2.23. The van der Waals surface area contributed by atoms with E-state index in [1.807, 2.05) is 18.2 Å². The van der Waals surface area contributed by atoms with Gasteiger partial charge < -0.3 is 0 Å². The van der Waals surface area contributed by atoms with E-state index in [-0.39, 0.29) is 0 Å². The van der Waals surface area contributed by atoms with Crippen LogP contribution >= 0.6 is 0 Å². The van der Waals surface area contributed by atoms with E-state index in [1.54, 1.807) is 30.3 Å². The highest BCUT2D eigenvalue weighted by Crippen LogP contribution is 2.19. The second kappa shape index (κ2) is 5.37. The summed E-state index contributed by atoms with van der Waals surface area (Å²) in [5.41, 5.74) is 0. The second-order valence-corrected chi connectivity index (χ2v) is 7.07. The van der Waals surface area contributed by atoms with Gasteiger partial charge in [-0.2, -0.15) is 0 Å². The summed E-state index contributed by atoms with van der Waals surface area (Å²) >= 11 is 0. The maximum absolute atomic E-state index is 12.0. The lowest BCUT2D eigenvalue weighted by Crippen LogP contribution is -2.03. The normalized spacial score (nSPS) is 18.9. The van der Waals surface area contributed by atoms with Crippen LogP contribution in [0.3, 0.4) is 0 Å². The highest BCUT2D eigenvalue weighted by molar-refractivity contribution is 8.62. The Morgan fingerprint density at radius 2 is 1.69 bits per heavy atom. The average molecular weight is 252 g/mol. The minimum absolute atomic E-state index is 0.612. The zero-order chi connectivity index (χ0) is 11.4. The molecule has 2 atom stereocenters. The van der Waals surface area contributed by atoms with Gasteiger partial charge in [-0.25, -0.2) is 8.42 Å². The van der Waals surface area contributed by atoms with Crippen LogP contribution in [-0.2, 0) is 19.7 Å². The largest absolute Gasteiger partial charge is 0.240 e. The summed E-state index contributed by atoms with van der Waals surface area (Å²) in [5.74, 6) is 0. The van der Waals surface area contributed by atoms with Gasteiger partial charge in [0, 0.05) is 4.91 Å². The van der Waals surface area contributed by atoms with Gasteiger partial charge in [0.25, 0.3) is 0 Å². The fourth-order valence-electron chi connectivity index (χ4n) is 1.42. The van der Waals surface area contributed by atoms with Crippen LogP contribution in [0.2, 0.25) is 0 Å². The maximum Gasteiger partial charge on any atom is 0.148 e. The van der Waals surface area contributed by atoms with E-state index < -0.39 is 19.7 Å². The van der Waals surface area contributed by atoms with Crippen molar-refractivity contribution in [3.8, 4) is 0 Å². The molecular weight excluding hydrogens is 240 g/mol. The first-order valence-corrected chi connectivity index (χ1v) is 7.86. The molecule has 0 spiro atoms. The fraction of sp³-hybridized carbons (Fsp3) is 0.167. The van der Waals surface area contributed by atoms with Crippen LogP contribution in [0.4, 0.5) is 0 Å². The molecule has 0 amide bonds. The van der Waals surface area contributed by atoms with Crippen molar-refractivity contribution in [1.82, 2.24) is 0 Å². The van der Waals surface area contributed by atoms with E-state index in [4.69, 9.17) is 0 Å². The SMILES string of the molecule is O=S(C1=CCCC=C1)S(=O)c1ccccc1. The van der Waals surface area contributed by atoms with Crippen molar-refractivity contribution in [2.75, 3.05) is 0 Å². The summed E-state index contributed by atoms with van der Waals surface area (Å²) in [6, 6.07) is 8.93. The molecule has 1 aromatic carbocycles. The highest BCUT2D eigenvalue weighted by Gasteiger charge is 2.16.